The molecular formula is C30H39N3O3. The molecule has 1 saturated heterocycles. The van der Waals surface area contributed by atoms with Crippen molar-refractivity contribution >= 4 is 0 Å². The molecule has 1 N–H and O–H groups in total. The molecule has 36 heavy (non-hydrogen) atoms. The van der Waals surface area contributed by atoms with Crippen molar-refractivity contribution < 1.29 is 14.2 Å². The van der Waals surface area contributed by atoms with E-state index in [1.54, 1.807) is 14.2 Å². The van der Waals surface area contributed by atoms with Gasteiger partial charge in [-0.1, -0.05) is 48.5 Å². The quantitative estimate of drug-likeness (QED) is 0.398. The fourth-order valence-corrected chi connectivity index (χ4v) is 4.67. The van der Waals surface area contributed by atoms with Gasteiger partial charge in [-0.15, -0.1) is 0 Å². The summed E-state index contributed by atoms with van der Waals surface area (Å²) in [4.78, 5) is 4.89. The maximum Gasteiger partial charge on any atom is 0.130 e. The molecule has 1 aliphatic rings. The maximum absolute atomic E-state index is 6.23. The molecule has 0 radical (unpaired) electrons. The highest BCUT2D eigenvalue weighted by Crippen LogP contribution is 2.35. The third kappa shape index (κ3) is 6.58. The van der Waals surface area contributed by atoms with Crippen molar-refractivity contribution in [3.05, 3.63) is 77.4 Å². The average molecular weight is 490 g/mol. The molecule has 0 aromatic heterocycles. The lowest BCUT2D eigenvalue weighted by molar-refractivity contribution is 0.154. The molecule has 6 heteroatoms. The second-order valence-corrected chi connectivity index (χ2v) is 9.37. The van der Waals surface area contributed by atoms with E-state index in [0.717, 1.165) is 67.6 Å². The minimum atomic E-state index is 0.474. The zero-order valence-electron chi connectivity index (χ0n) is 22.0. The topological polar surface area (TPSA) is 46.2 Å². The van der Waals surface area contributed by atoms with Crippen LogP contribution in [-0.4, -0.2) is 70.3 Å². The molecule has 0 saturated carbocycles. The van der Waals surface area contributed by atoms with E-state index in [4.69, 9.17) is 14.2 Å². The van der Waals surface area contributed by atoms with Gasteiger partial charge in [0.1, 0.15) is 23.9 Å². The number of hydrogen-bond donors (Lipinski definition) is 1. The highest BCUT2D eigenvalue weighted by molar-refractivity contribution is 5.68. The highest BCUT2D eigenvalue weighted by Gasteiger charge is 2.16. The molecule has 4 rings (SSSR count). The maximum atomic E-state index is 6.23. The first-order valence-electron chi connectivity index (χ1n) is 12.7. The van der Waals surface area contributed by atoms with Gasteiger partial charge in [0, 0.05) is 57.9 Å². The van der Waals surface area contributed by atoms with Gasteiger partial charge in [-0.25, -0.2) is 0 Å². The van der Waals surface area contributed by atoms with Gasteiger partial charge in [0.25, 0.3) is 0 Å². The second kappa shape index (κ2) is 12.8. The summed E-state index contributed by atoms with van der Waals surface area (Å²) in [5.74, 6) is 2.27. The van der Waals surface area contributed by atoms with E-state index in [9.17, 15) is 0 Å². The van der Waals surface area contributed by atoms with Gasteiger partial charge in [0.05, 0.1) is 19.8 Å². The van der Waals surface area contributed by atoms with Crippen molar-refractivity contribution in [2.75, 3.05) is 60.5 Å². The molecule has 0 spiro atoms. The SMILES string of the molecule is COc1cc(OCc2cccc(-c3ccccc3)c2C)cc(OC)c1CNCCN1CCN(C)CC1. The van der Waals surface area contributed by atoms with Crippen LogP contribution in [-0.2, 0) is 13.2 Å². The Morgan fingerprint density at radius 3 is 2.22 bits per heavy atom. The molecule has 1 fully saturated rings. The van der Waals surface area contributed by atoms with Crippen LogP contribution in [0.5, 0.6) is 17.2 Å². The summed E-state index contributed by atoms with van der Waals surface area (Å²) in [6.07, 6.45) is 0. The third-order valence-electron chi connectivity index (χ3n) is 7.01. The number of methoxy groups -OCH3 is 2. The molecule has 0 bridgehead atoms. The Kier molecular flexibility index (Phi) is 9.23. The van der Waals surface area contributed by atoms with Crippen molar-refractivity contribution in [3.8, 4) is 28.4 Å². The monoisotopic (exact) mass is 489 g/mol. The third-order valence-corrected chi connectivity index (χ3v) is 7.01. The number of likely N-dealkylation sites (N-methyl/N-ethyl adjacent to an activating group) is 1. The Morgan fingerprint density at radius 2 is 1.56 bits per heavy atom. The van der Waals surface area contributed by atoms with Gasteiger partial charge >= 0.3 is 0 Å². The molecule has 192 valence electrons. The Labute approximate surface area is 215 Å². The summed E-state index contributed by atoms with van der Waals surface area (Å²) in [7, 11) is 5.57. The number of nitrogens with one attached hydrogen (secondary N) is 1. The number of hydrogen-bond acceptors (Lipinski definition) is 6. The molecular weight excluding hydrogens is 450 g/mol. The van der Waals surface area contributed by atoms with Crippen molar-refractivity contribution in [2.45, 2.75) is 20.1 Å². The van der Waals surface area contributed by atoms with Crippen molar-refractivity contribution in [2.24, 2.45) is 0 Å². The molecule has 0 atom stereocenters. The standard InChI is InChI=1S/C30H39N3O3/c1-23-25(11-8-12-27(23)24-9-6-5-7-10-24)22-36-26-19-29(34-3)28(30(20-26)35-4)21-31-13-14-33-17-15-32(2)16-18-33/h5-12,19-20,31H,13-18,21-22H2,1-4H3. The highest BCUT2D eigenvalue weighted by atomic mass is 16.5. The average Bonchev–Trinajstić information content (AvgIpc) is 2.92. The van der Waals surface area contributed by atoms with E-state index in [1.165, 1.54) is 16.7 Å². The van der Waals surface area contributed by atoms with E-state index in [2.05, 4.69) is 71.6 Å². The van der Waals surface area contributed by atoms with Crippen LogP contribution in [0.2, 0.25) is 0 Å². The van der Waals surface area contributed by atoms with Crippen LogP contribution in [0.4, 0.5) is 0 Å². The Hall–Kier alpha value is -3.06. The zero-order chi connectivity index (χ0) is 25.3. The summed E-state index contributed by atoms with van der Waals surface area (Å²) in [5, 5.41) is 3.56. The minimum Gasteiger partial charge on any atom is -0.496 e. The van der Waals surface area contributed by atoms with Gasteiger partial charge in [0.2, 0.25) is 0 Å². The number of piperazine rings is 1. The lowest BCUT2D eigenvalue weighted by Gasteiger charge is -2.32. The predicted octanol–water partition coefficient (Wildman–Crippen LogP) is 4.60. The molecule has 3 aromatic carbocycles. The lowest BCUT2D eigenvalue weighted by atomic mass is 9.97. The summed E-state index contributed by atoms with van der Waals surface area (Å²) in [6, 6.07) is 20.7. The Morgan fingerprint density at radius 1 is 0.861 bits per heavy atom. The normalized spacial score (nSPS) is 14.6. The molecule has 6 nitrogen and oxygen atoms in total. The van der Waals surface area contributed by atoms with Crippen LogP contribution in [0.3, 0.4) is 0 Å². The van der Waals surface area contributed by atoms with E-state index >= 15 is 0 Å². The van der Waals surface area contributed by atoms with Gasteiger partial charge < -0.3 is 24.4 Å². The van der Waals surface area contributed by atoms with Gasteiger partial charge in [-0.2, -0.15) is 0 Å². The molecule has 0 aliphatic carbocycles. The summed E-state index contributed by atoms with van der Waals surface area (Å²) in [6.45, 7) is 9.80. The number of benzene rings is 3. The van der Waals surface area contributed by atoms with Crippen LogP contribution < -0.4 is 19.5 Å². The van der Waals surface area contributed by atoms with Crippen LogP contribution in [0.1, 0.15) is 16.7 Å². The molecule has 3 aromatic rings. The van der Waals surface area contributed by atoms with Gasteiger partial charge in [-0.3, -0.25) is 4.90 Å². The predicted molar refractivity (Wildman–Crippen MR) is 146 cm³/mol. The Balaban J connectivity index is 1.39. The molecule has 1 aliphatic heterocycles. The van der Waals surface area contributed by atoms with E-state index in [0.29, 0.717) is 13.2 Å². The summed E-state index contributed by atoms with van der Waals surface area (Å²) < 4.78 is 17.7. The van der Waals surface area contributed by atoms with Crippen LogP contribution in [0.15, 0.2) is 60.7 Å². The van der Waals surface area contributed by atoms with Crippen LogP contribution in [0, 0.1) is 6.92 Å². The first kappa shape index (κ1) is 26.0. The lowest BCUT2D eigenvalue weighted by Crippen LogP contribution is -2.46. The van der Waals surface area contributed by atoms with E-state index in [-0.39, 0.29) is 0 Å². The minimum absolute atomic E-state index is 0.474. The fraction of sp³-hybridized carbons (Fsp3) is 0.400. The van der Waals surface area contributed by atoms with Crippen molar-refractivity contribution in [1.29, 1.82) is 0 Å². The first-order valence-corrected chi connectivity index (χ1v) is 12.7. The number of rotatable bonds is 11. The van der Waals surface area contributed by atoms with Gasteiger partial charge in [0.15, 0.2) is 0 Å². The second-order valence-electron chi connectivity index (χ2n) is 9.37. The summed E-state index contributed by atoms with van der Waals surface area (Å²) in [5.41, 5.74) is 5.83. The number of ether oxygens (including phenoxy) is 3. The van der Waals surface area contributed by atoms with E-state index < -0.39 is 0 Å². The van der Waals surface area contributed by atoms with Gasteiger partial charge in [-0.05, 0) is 36.2 Å². The van der Waals surface area contributed by atoms with E-state index in [1.807, 2.05) is 18.2 Å². The zero-order valence-corrected chi connectivity index (χ0v) is 22.0. The van der Waals surface area contributed by atoms with Crippen molar-refractivity contribution in [1.82, 2.24) is 15.1 Å². The first-order chi connectivity index (χ1) is 17.6. The van der Waals surface area contributed by atoms with Crippen molar-refractivity contribution in [3.63, 3.8) is 0 Å². The Bertz CT molecular complexity index is 1090. The number of nitrogens with zero attached hydrogens (tertiary/aromatic N) is 2. The largest absolute Gasteiger partial charge is 0.496 e. The molecule has 0 amide bonds. The fourth-order valence-electron chi connectivity index (χ4n) is 4.67. The van der Waals surface area contributed by atoms with Crippen LogP contribution >= 0.6 is 0 Å². The smallest absolute Gasteiger partial charge is 0.130 e. The molecule has 0 unspecified atom stereocenters. The molecule has 1 heterocycles. The summed E-state index contributed by atoms with van der Waals surface area (Å²) >= 11 is 0. The van der Waals surface area contributed by atoms with Crippen LogP contribution in [0.25, 0.3) is 11.1 Å².